The lowest BCUT2D eigenvalue weighted by Gasteiger charge is -2.24. The van der Waals surface area contributed by atoms with Crippen LogP contribution < -0.4 is 0 Å². The zero-order valence-corrected chi connectivity index (χ0v) is 34.4. The van der Waals surface area contributed by atoms with E-state index in [1.807, 2.05) is 0 Å². The fourth-order valence-corrected chi connectivity index (χ4v) is 6.15. The molecule has 1 heteroatoms. The first-order valence-corrected chi connectivity index (χ1v) is 17.7. The first-order valence-electron chi connectivity index (χ1n) is 17.7. The van der Waals surface area contributed by atoms with E-state index in [2.05, 4.69) is 178 Å². The van der Waals surface area contributed by atoms with Gasteiger partial charge in [0, 0.05) is 0 Å². The summed E-state index contributed by atoms with van der Waals surface area (Å²) in [5.74, 6) is 3.90. The van der Waals surface area contributed by atoms with Crippen LogP contribution >= 0.6 is 0 Å². The number of allylic oxidation sites excluding steroid dienone is 2. The molecule has 1 heterocycles. The maximum absolute atomic E-state index is 5.65. The smallest absolute Gasteiger partial charge is 0.0895 e. The van der Waals surface area contributed by atoms with Gasteiger partial charge in [-0.1, -0.05) is 178 Å². The molecule has 0 radical (unpaired) electrons. The molecule has 0 aromatic carbocycles. The Morgan fingerprint density at radius 2 is 0.512 bits per heavy atom. The average Bonchev–Trinajstić information content (AvgIpc) is 3.58. The Labute approximate surface area is 274 Å². The normalized spacial score (nSPS) is 28.1. The van der Waals surface area contributed by atoms with Gasteiger partial charge < -0.3 is 4.74 Å². The Morgan fingerprint density at radius 3 is 0.581 bits per heavy atom. The number of hydrogen-bond acceptors (Lipinski definition) is 1. The third-order valence-electron chi connectivity index (χ3n) is 9.31. The molecule has 0 aromatic heterocycles. The minimum Gasteiger partial charge on any atom is -0.368 e. The number of rotatable bonds is 0. The Morgan fingerprint density at radius 1 is 0.326 bits per heavy atom. The van der Waals surface area contributed by atoms with E-state index in [1.165, 1.54) is 12.8 Å². The predicted molar refractivity (Wildman–Crippen MR) is 197 cm³/mol. The molecule has 6 atom stereocenters. The molecule has 2 saturated carbocycles. The van der Waals surface area contributed by atoms with Gasteiger partial charge in [0.15, 0.2) is 0 Å². The Bertz CT molecular complexity index is 685. The van der Waals surface area contributed by atoms with Crippen LogP contribution in [0.1, 0.15) is 179 Å². The van der Waals surface area contributed by atoms with Gasteiger partial charge in [-0.25, -0.2) is 0 Å². The third kappa shape index (κ3) is 17.8. The van der Waals surface area contributed by atoms with Crippen LogP contribution in [-0.4, -0.2) is 12.2 Å². The van der Waals surface area contributed by atoms with E-state index in [0.29, 0.717) is 55.5 Å². The largest absolute Gasteiger partial charge is 0.368 e. The van der Waals surface area contributed by atoms with Crippen molar-refractivity contribution in [1.29, 1.82) is 0 Å². The van der Waals surface area contributed by atoms with Crippen molar-refractivity contribution in [3.8, 4) is 0 Å². The van der Waals surface area contributed by atoms with Crippen LogP contribution in [0.4, 0.5) is 0 Å². The lowest BCUT2D eigenvalue weighted by Crippen LogP contribution is -2.23. The van der Waals surface area contributed by atoms with E-state index < -0.39 is 0 Å². The van der Waals surface area contributed by atoms with E-state index in [9.17, 15) is 0 Å². The van der Waals surface area contributed by atoms with Crippen LogP contribution in [0.25, 0.3) is 0 Å². The van der Waals surface area contributed by atoms with Crippen LogP contribution in [0.3, 0.4) is 0 Å². The van der Waals surface area contributed by atoms with Gasteiger partial charge in [-0.05, 0) is 79.8 Å². The molecule has 1 saturated heterocycles. The zero-order chi connectivity index (χ0) is 35.0. The van der Waals surface area contributed by atoms with Gasteiger partial charge in [0.25, 0.3) is 0 Å². The first-order chi connectivity index (χ1) is 18.4. The molecule has 258 valence electrons. The molecule has 0 amide bonds. The third-order valence-corrected chi connectivity index (χ3v) is 9.31. The molecule has 2 aliphatic carbocycles. The quantitative estimate of drug-likeness (QED) is 0.198. The minimum atomic E-state index is 0.317. The second-order valence-electron chi connectivity index (χ2n) is 23.1. The van der Waals surface area contributed by atoms with Gasteiger partial charge in [-0.15, -0.1) is 0 Å². The minimum absolute atomic E-state index is 0.317. The van der Waals surface area contributed by atoms with Crippen molar-refractivity contribution in [2.24, 2.45) is 67.0 Å². The second kappa shape index (κ2) is 13.8. The van der Waals surface area contributed by atoms with Crippen LogP contribution in [-0.2, 0) is 4.74 Å². The number of hydrogen-bond donors (Lipinski definition) is 0. The Balaban J connectivity index is 0.000000548. The van der Waals surface area contributed by atoms with Crippen molar-refractivity contribution in [2.45, 2.75) is 191 Å². The average molecular weight is 605 g/mol. The maximum Gasteiger partial charge on any atom is 0.0895 e. The summed E-state index contributed by atoms with van der Waals surface area (Å²) in [6, 6.07) is 0. The van der Waals surface area contributed by atoms with Crippen molar-refractivity contribution in [2.75, 3.05) is 0 Å². The fourth-order valence-electron chi connectivity index (χ4n) is 6.15. The highest BCUT2D eigenvalue weighted by Gasteiger charge is 2.53. The zero-order valence-electron chi connectivity index (χ0n) is 34.4. The summed E-state index contributed by atoms with van der Waals surface area (Å²) >= 11 is 0. The molecular weight excluding hydrogens is 520 g/mol. The van der Waals surface area contributed by atoms with Gasteiger partial charge in [0.1, 0.15) is 0 Å². The van der Waals surface area contributed by atoms with Crippen molar-refractivity contribution in [3.63, 3.8) is 0 Å². The monoisotopic (exact) mass is 605 g/mol. The summed E-state index contributed by atoms with van der Waals surface area (Å²) < 4.78 is 5.65. The predicted octanol–water partition coefficient (Wildman–Crippen LogP) is 13.9. The molecule has 0 aromatic rings. The molecule has 6 unspecified atom stereocenters. The lowest BCUT2D eigenvalue weighted by molar-refractivity contribution is 0.236. The molecule has 0 bridgehead atoms. The maximum atomic E-state index is 5.65. The van der Waals surface area contributed by atoms with Gasteiger partial charge in [0.2, 0.25) is 0 Å². The molecule has 3 aliphatic rings. The van der Waals surface area contributed by atoms with Crippen LogP contribution in [0.15, 0.2) is 12.2 Å². The summed E-state index contributed by atoms with van der Waals surface area (Å²) in [6.45, 7) is 55.1. The topological polar surface area (TPSA) is 12.5 Å². The van der Waals surface area contributed by atoms with Gasteiger partial charge in [0.05, 0.1) is 12.2 Å². The highest BCUT2D eigenvalue weighted by Crippen LogP contribution is 2.59. The molecule has 1 aliphatic heterocycles. The summed E-state index contributed by atoms with van der Waals surface area (Å²) in [7, 11) is 0. The molecule has 0 N–H and O–H groups in total. The van der Waals surface area contributed by atoms with Crippen molar-refractivity contribution in [3.05, 3.63) is 12.2 Å². The van der Waals surface area contributed by atoms with Gasteiger partial charge in [-0.3, -0.25) is 0 Å². The summed E-state index contributed by atoms with van der Waals surface area (Å²) in [6.07, 6.45) is 8.39. The van der Waals surface area contributed by atoms with E-state index in [4.69, 9.17) is 4.74 Å². The molecule has 3 rings (SSSR count). The van der Waals surface area contributed by atoms with E-state index >= 15 is 0 Å². The molecule has 43 heavy (non-hydrogen) atoms. The second-order valence-corrected chi connectivity index (χ2v) is 23.1. The van der Waals surface area contributed by atoms with Crippen molar-refractivity contribution in [1.82, 2.24) is 0 Å². The molecular formula is C42H84O. The summed E-state index contributed by atoms with van der Waals surface area (Å²) in [5.41, 5.74) is 3.45. The SMILES string of the molecule is CC(C)(C)/C=C\C(C)(C)C.CC(C)(C)C1CC1C(C)(C)C.CC(C)(C)C1CC1C(C)(C)C.CC(C)(C)C1OC1C(C)(C)C. The molecule has 3 fully saturated rings. The molecule has 1 nitrogen and oxygen atoms in total. The highest BCUT2D eigenvalue weighted by molar-refractivity contribution is 5.01. The van der Waals surface area contributed by atoms with Crippen LogP contribution in [0.5, 0.6) is 0 Å². The van der Waals surface area contributed by atoms with E-state index in [-0.39, 0.29) is 0 Å². The fraction of sp³-hybridized carbons (Fsp3) is 0.952. The number of ether oxygens (including phenoxy) is 1. The van der Waals surface area contributed by atoms with Crippen molar-refractivity contribution >= 4 is 0 Å². The van der Waals surface area contributed by atoms with Crippen LogP contribution in [0, 0.1) is 67.0 Å². The van der Waals surface area contributed by atoms with Crippen LogP contribution in [0.2, 0.25) is 0 Å². The summed E-state index contributed by atoms with van der Waals surface area (Å²) in [4.78, 5) is 0. The lowest BCUT2D eigenvalue weighted by atomic mass is 9.81. The Hall–Kier alpha value is -0.300. The van der Waals surface area contributed by atoms with Gasteiger partial charge in [-0.2, -0.15) is 0 Å². The van der Waals surface area contributed by atoms with E-state index in [1.54, 1.807) is 0 Å². The summed E-state index contributed by atoms with van der Waals surface area (Å²) in [5, 5.41) is 0. The highest BCUT2D eigenvalue weighted by atomic mass is 16.6. The van der Waals surface area contributed by atoms with Gasteiger partial charge >= 0.3 is 0 Å². The van der Waals surface area contributed by atoms with E-state index in [0.717, 1.165) is 23.7 Å². The molecule has 0 spiro atoms. The number of epoxide rings is 1. The standard InChI is InChI=1S/2C11H22.C10H20O.C10H20/c2*1-10(2,3)8-7-9(8)11(4,5)6;1-9(2,3)7-8(11-7)10(4,5)6;1-9(2,3)7-8-10(4,5)6/h2*8-9H,7H2,1-6H3;7-8H,1-6H3;7-8H,1-6H3/b;;;8-7-. The first kappa shape index (κ1) is 42.7. The van der Waals surface area contributed by atoms with Crippen molar-refractivity contribution < 1.29 is 4.74 Å². The Kier molecular flexibility index (Phi) is 13.7.